The number of hydrogen-bond donors (Lipinski definition) is 1. The summed E-state index contributed by atoms with van der Waals surface area (Å²) < 4.78 is 1.80. The molecule has 0 bridgehead atoms. The predicted molar refractivity (Wildman–Crippen MR) is 68.2 cm³/mol. The lowest BCUT2D eigenvalue weighted by Gasteiger charge is -2.05. The SMILES string of the molecule is CCc1ccc(-n2cc(CCN)nn2)cc1C. The molecule has 4 heteroatoms. The van der Waals surface area contributed by atoms with Crippen molar-refractivity contribution in [1.82, 2.24) is 15.0 Å². The van der Waals surface area contributed by atoms with Gasteiger partial charge >= 0.3 is 0 Å². The van der Waals surface area contributed by atoms with Gasteiger partial charge in [-0.15, -0.1) is 5.10 Å². The molecule has 0 fully saturated rings. The van der Waals surface area contributed by atoms with Gasteiger partial charge in [0.15, 0.2) is 0 Å². The van der Waals surface area contributed by atoms with Gasteiger partial charge < -0.3 is 5.73 Å². The zero-order valence-corrected chi connectivity index (χ0v) is 10.3. The number of rotatable bonds is 4. The van der Waals surface area contributed by atoms with E-state index in [2.05, 4.69) is 42.4 Å². The van der Waals surface area contributed by atoms with Crippen molar-refractivity contribution in [2.75, 3.05) is 6.54 Å². The van der Waals surface area contributed by atoms with Gasteiger partial charge in [-0.1, -0.05) is 18.2 Å². The second kappa shape index (κ2) is 5.10. The standard InChI is InChI=1S/C13H18N4/c1-3-11-4-5-13(8-10(11)2)17-9-12(6-7-14)15-16-17/h4-5,8-9H,3,6-7,14H2,1-2H3. The molecule has 4 nitrogen and oxygen atoms in total. The number of hydrogen-bond acceptors (Lipinski definition) is 3. The molecule has 1 aromatic carbocycles. The molecule has 0 aliphatic rings. The van der Waals surface area contributed by atoms with Crippen LogP contribution in [0.3, 0.4) is 0 Å². The second-order valence-electron chi connectivity index (χ2n) is 4.16. The van der Waals surface area contributed by atoms with Crippen LogP contribution in [-0.4, -0.2) is 21.5 Å². The normalized spacial score (nSPS) is 10.8. The van der Waals surface area contributed by atoms with Crippen LogP contribution in [0.5, 0.6) is 0 Å². The molecule has 0 spiro atoms. The van der Waals surface area contributed by atoms with Gasteiger partial charge in [0.2, 0.25) is 0 Å². The average Bonchev–Trinajstić information content (AvgIpc) is 2.78. The number of aromatic nitrogens is 3. The highest BCUT2D eigenvalue weighted by atomic mass is 15.4. The summed E-state index contributed by atoms with van der Waals surface area (Å²) in [4.78, 5) is 0. The van der Waals surface area contributed by atoms with Crippen molar-refractivity contribution in [3.63, 3.8) is 0 Å². The third-order valence-electron chi connectivity index (χ3n) is 2.91. The van der Waals surface area contributed by atoms with Gasteiger partial charge in [0, 0.05) is 6.42 Å². The Kier molecular flexibility index (Phi) is 3.54. The molecule has 1 aromatic heterocycles. The van der Waals surface area contributed by atoms with Crippen LogP contribution in [0.2, 0.25) is 0 Å². The summed E-state index contributed by atoms with van der Waals surface area (Å²) in [6, 6.07) is 6.36. The Morgan fingerprint density at radius 3 is 2.82 bits per heavy atom. The largest absolute Gasteiger partial charge is 0.330 e. The fourth-order valence-electron chi connectivity index (χ4n) is 1.91. The van der Waals surface area contributed by atoms with E-state index in [1.54, 1.807) is 4.68 Å². The first-order valence-corrected chi connectivity index (χ1v) is 5.95. The number of aryl methyl sites for hydroxylation is 2. The third kappa shape index (κ3) is 2.53. The molecule has 0 unspecified atom stereocenters. The number of nitrogens with zero attached hydrogens (tertiary/aromatic N) is 3. The van der Waals surface area contributed by atoms with E-state index >= 15 is 0 Å². The van der Waals surface area contributed by atoms with Crippen LogP contribution in [0.25, 0.3) is 5.69 Å². The summed E-state index contributed by atoms with van der Waals surface area (Å²) >= 11 is 0. The van der Waals surface area contributed by atoms with E-state index in [0.29, 0.717) is 6.54 Å². The maximum Gasteiger partial charge on any atom is 0.0844 e. The van der Waals surface area contributed by atoms with E-state index in [9.17, 15) is 0 Å². The highest BCUT2D eigenvalue weighted by Crippen LogP contribution is 2.14. The minimum absolute atomic E-state index is 0.604. The Morgan fingerprint density at radius 1 is 1.35 bits per heavy atom. The first-order valence-electron chi connectivity index (χ1n) is 5.95. The fraction of sp³-hybridized carbons (Fsp3) is 0.385. The minimum Gasteiger partial charge on any atom is -0.330 e. The van der Waals surface area contributed by atoms with Gasteiger partial charge in [-0.05, 0) is 43.1 Å². The molecule has 0 atom stereocenters. The monoisotopic (exact) mass is 230 g/mol. The topological polar surface area (TPSA) is 56.7 Å². The second-order valence-corrected chi connectivity index (χ2v) is 4.16. The molecular formula is C13H18N4. The lowest BCUT2D eigenvalue weighted by atomic mass is 10.1. The molecule has 17 heavy (non-hydrogen) atoms. The molecule has 90 valence electrons. The molecular weight excluding hydrogens is 212 g/mol. The Bertz CT molecular complexity index is 502. The lowest BCUT2D eigenvalue weighted by molar-refractivity contribution is 0.793. The predicted octanol–water partition coefficient (Wildman–Crippen LogP) is 1.64. The van der Waals surface area contributed by atoms with Crippen molar-refractivity contribution in [1.29, 1.82) is 0 Å². The minimum atomic E-state index is 0.604. The van der Waals surface area contributed by atoms with Crippen molar-refractivity contribution in [3.05, 3.63) is 41.2 Å². The van der Waals surface area contributed by atoms with Crippen LogP contribution < -0.4 is 5.73 Å². The van der Waals surface area contributed by atoms with Crippen molar-refractivity contribution < 1.29 is 0 Å². The number of nitrogens with two attached hydrogens (primary N) is 1. The summed E-state index contributed by atoms with van der Waals surface area (Å²) in [6.45, 7) is 4.89. The number of benzene rings is 1. The summed E-state index contributed by atoms with van der Waals surface area (Å²) in [5.74, 6) is 0. The quantitative estimate of drug-likeness (QED) is 0.868. The van der Waals surface area contributed by atoms with Gasteiger partial charge in [0.05, 0.1) is 17.6 Å². The van der Waals surface area contributed by atoms with E-state index in [-0.39, 0.29) is 0 Å². The van der Waals surface area contributed by atoms with E-state index in [1.165, 1.54) is 11.1 Å². The molecule has 0 radical (unpaired) electrons. The first-order chi connectivity index (χ1) is 8.24. The Hall–Kier alpha value is -1.68. The van der Waals surface area contributed by atoms with Crippen molar-refractivity contribution in [2.45, 2.75) is 26.7 Å². The van der Waals surface area contributed by atoms with Crippen LogP contribution in [-0.2, 0) is 12.8 Å². The molecule has 0 aliphatic carbocycles. The zero-order chi connectivity index (χ0) is 12.3. The van der Waals surface area contributed by atoms with Crippen LogP contribution in [0.4, 0.5) is 0 Å². The van der Waals surface area contributed by atoms with Crippen molar-refractivity contribution in [3.8, 4) is 5.69 Å². The molecule has 1 heterocycles. The van der Waals surface area contributed by atoms with Gasteiger partial charge in [-0.2, -0.15) is 0 Å². The summed E-state index contributed by atoms with van der Waals surface area (Å²) in [6.07, 6.45) is 3.77. The van der Waals surface area contributed by atoms with Gasteiger partial charge in [0.1, 0.15) is 0 Å². The van der Waals surface area contributed by atoms with Crippen molar-refractivity contribution in [2.24, 2.45) is 5.73 Å². The molecule has 0 saturated carbocycles. The molecule has 0 saturated heterocycles. The average molecular weight is 230 g/mol. The lowest BCUT2D eigenvalue weighted by Crippen LogP contribution is -2.02. The molecule has 0 amide bonds. The van der Waals surface area contributed by atoms with Gasteiger partial charge in [0.25, 0.3) is 0 Å². The Labute approximate surface area is 101 Å². The Balaban J connectivity index is 2.29. The van der Waals surface area contributed by atoms with Crippen LogP contribution >= 0.6 is 0 Å². The van der Waals surface area contributed by atoms with E-state index in [1.807, 2.05) is 6.20 Å². The molecule has 0 aliphatic heterocycles. The summed E-state index contributed by atoms with van der Waals surface area (Å²) in [5.41, 5.74) is 10.1. The van der Waals surface area contributed by atoms with Crippen LogP contribution in [0.1, 0.15) is 23.7 Å². The summed E-state index contributed by atoms with van der Waals surface area (Å²) in [7, 11) is 0. The smallest absolute Gasteiger partial charge is 0.0844 e. The third-order valence-corrected chi connectivity index (χ3v) is 2.91. The maximum atomic E-state index is 5.49. The van der Waals surface area contributed by atoms with E-state index < -0.39 is 0 Å². The molecule has 2 aromatic rings. The maximum absolute atomic E-state index is 5.49. The van der Waals surface area contributed by atoms with Crippen molar-refractivity contribution >= 4 is 0 Å². The molecule has 2 N–H and O–H groups in total. The fourth-order valence-corrected chi connectivity index (χ4v) is 1.91. The first kappa shape index (κ1) is 11.8. The van der Waals surface area contributed by atoms with Gasteiger partial charge in [-0.25, -0.2) is 4.68 Å². The van der Waals surface area contributed by atoms with Gasteiger partial charge in [-0.3, -0.25) is 0 Å². The van der Waals surface area contributed by atoms with Crippen LogP contribution in [0, 0.1) is 6.92 Å². The van der Waals surface area contributed by atoms with E-state index in [0.717, 1.165) is 24.2 Å². The highest BCUT2D eigenvalue weighted by molar-refractivity contribution is 5.39. The molecule has 2 rings (SSSR count). The van der Waals surface area contributed by atoms with Crippen LogP contribution in [0.15, 0.2) is 24.4 Å². The highest BCUT2D eigenvalue weighted by Gasteiger charge is 2.04. The zero-order valence-electron chi connectivity index (χ0n) is 10.3. The van der Waals surface area contributed by atoms with E-state index in [4.69, 9.17) is 5.73 Å². The summed E-state index contributed by atoms with van der Waals surface area (Å²) in [5, 5.41) is 8.20. The Morgan fingerprint density at radius 2 is 2.18 bits per heavy atom.